The Kier molecular flexibility index (Phi) is 5.42. The zero-order chi connectivity index (χ0) is 25.9. The fourth-order valence-corrected chi connectivity index (χ4v) is 6.41. The number of hydrogen-bond acceptors (Lipinski definition) is 6. The molecule has 0 aliphatic carbocycles. The van der Waals surface area contributed by atoms with Crippen LogP contribution in [0, 0.1) is 12.7 Å². The standard InChI is InChI=1S/C25H21F3N4O4S/c1-15-13-16(26)4-6-19(15)23-30-20-3-2-10-29-24(20)32(23)17-8-11-31(12-9-17)37(33,34)18-5-7-21-22(14-18)36-25(27,28)35-21/h2-7,10,13-14,17H,8-9,11-12H2,1H3. The number of imidazole rings is 1. The number of aryl methyl sites for hydroxylation is 1. The molecule has 0 radical (unpaired) electrons. The molecule has 0 atom stereocenters. The first kappa shape index (κ1) is 23.7. The average molecular weight is 531 g/mol. The molecule has 37 heavy (non-hydrogen) atoms. The molecule has 1 fully saturated rings. The van der Waals surface area contributed by atoms with Crippen molar-refractivity contribution in [3.05, 3.63) is 66.1 Å². The van der Waals surface area contributed by atoms with E-state index >= 15 is 0 Å². The summed E-state index contributed by atoms with van der Waals surface area (Å²) >= 11 is 0. The number of sulfonamides is 1. The molecule has 1 saturated heterocycles. The summed E-state index contributed by atoms with van der Waals surface area (Å²) in [5.41, 5.74) is 2.85. The zero-order valence-corrected chi connectivity index (χ0v) is 20.4. The maximum Gasteiger partial charge on any atom is 0.586 e. The van der Waals surface area contributed by atoms with Crippen LogP contribution in [0.15, 0.2) is 59.6 Å². The molecule has 4 heterocycles. The molecule has 2 aliphatic rings. The molecule has 0 amide bonds. The Labute approximate surface area is 210 Å². The van der Waals surface area contributed by atoms with Crippen LogP contribution in [0.5, 0.6) is 11.5 Å². The number of piperidine rings is 1. The van der Waals surface area contributed by atoms with E-state index in [1.165, 1.54) is 22.5 Å². The lowest BCUT2D eigenvalue weighted by molar-refractivity contribution is -0.286. The summed E-state index contributed by atoms with van der Waals surface area (Å²) in [6.07, 6.45) is -1.22. The molecule has 192 valence electrons. The summed E-state index contributed by atoms with van der Waals surface area (Å²) < 4.78 is 79.2. The van der Waals surface area contributed by atoms with E-state index in [0.717, 1.165) is 23.3 Å². The normalized spacial score (nSPS) is 17.9. The second kappa shape index (κ2) is 8.45. The Bertz CT molecular complexity index is 1630. The molecular weight excluding hydrogens is 509 g/mol. The van der Waals surface area contributed by atoms with E-state index in [4.69, 9.17) is 4.98 Å². The topological polar surface area (TPSA) is 86.6 Å². The van der Waals surface area contributed by atoms with Gasteiger partial charge in [0.1, 0.15) is 17.2 Å². The number of ether oxygens (including phenoxy) is 2. The molecular formula is C25H21F3N4O4S. The summed E-state index contributed by atoms with van der Waals surface area (Å²) in [4.78, 5) is 9.14. The Morgan fingerprint density at radius 2 is 1.78 bits per heavy atom. The summed E-state index contributed by atoms with van der Waals surface area (Å²) in [5.74, 6) is -0.237. The summed E-state index contributed by atoms with van der Waals surface area (Å²) in [7, 11) is -3.96. The molecule has 2 aromatic carbocycles. The van der Waals surface area contributed by atoms with Crippen molar-refractivity contribution in [3.63, 3.8) is 0 Å². The largest absolute Gasteiger partial charge is 0.586 e. The second-order valence-corrected chi connectivity index (χ2v) is 11.0. The van der Waals surface area contributed by atoms with Gasteiger partial charge in [-0.15, -0.1) is 8.78 Å². The van der Waals surface area contributed by atoms with Crippen LogP contribution < -0.4 is 9.47 Å². The average Bonchev–Trinajstić information content (AvgIpc) is 3.39. The van der Waals surface area contributed by atoms with Crippen LogP contribution in [0.1, 0.15) is 24.4 Å². The number of pyridine rings is 1. The Hall–Kier alpha value is -3.64. The van der Waals surface area contributed by atoms with Gasteiger partial charge in [-0.3, -0.25) is 0 Å². The van der Waals surface area contributed by atoms with Crippen molar-refractivity contribution in [2.45, 2.75) is 37.0 Å². The number of alkyl halides is 2. The molecule has 8 nitrogen and oxygen atoms in total. The molecule has 4 aromatic rings. The van der Waals surface area contributed by atoms with Gasteiger partial charge in [-0.05, 0) is 67.8 Å². The third kappa shape index (κ3) is 4.09. The van der Waals surface area contributed by atoms with Crippen LogP contribution in [0.2, 0.25) is 0 Å². The Morgan fingerprint density at radius 3 is 2.54 bits per heavy atom. The maximum atomic E-state index is 13.8. The van der Waals surface area contributed by atoms with Crippen molar-refractivity contribution in [1.29, 1.82) is 0 Å². The number of rotatable bonds is 4. The number of halogens is 3. The van der Waals surface area contributed by atoms with E-state index in [0.29, 0.717) is 29.8 Å². The van der Waals surface area contributed by atoms with Crippen molar-refractivity contribution in [2.75, 3.05) is 13.1 Å². The van der Waals surface area contributed by atoms with Gasteiger partial charge in [0.2, 0.25) is 10.0 Å². The lowest BCUT2D eigenvalue weighted by atomic mass is 10.0. The number of aromatic nitrogens is 3. The van der Waals surface area contributed by atoms with Crippen LogP contribution >= 0.6 is 0 Å². The van der Waals surface area contributed by atoms with E-state index in [2.05, 4.69) is 14.5 Å². The van der Waals surface area contributed by atoms with Crippen molar-refractivity contribution in [3.8, 4) is 22.9 Å². The predicted octanol–water partition coefficient (Wildman–Crippen LogP) is 4.89. The Balaban J connectivity index is 1.29. The quantitative estimate of drug-likeness (QED) is 0.373. The summed E-state index contributed by atoms with van der Waals surface area (Å²) in [5, 5.41) is 0. The first-order valence-electron chi connectivity index (χ1n) is 11.6. The highest BCUT2D eigenvalue weighted by Crippen LogP contribution is 2.43. The van der Waals surface area contributed by atoms with Gasteiger partial charge < -0.3 is 14.0 Å². The van der Waals surface area contributed by atoms with Gasteiger partial charge in [-0.25, -0.2) is 22.8 Å². The minimum Gasteiger partial charge on any atom is -0.395 e. The SMILES string of the molecule is Cc1cc(F)ccc1-c1nc2cccnc2n1C1CCN(S(=O)(=O)c2ccc3c(c2)OC(F)(F)O3)CC1. The molecule has 0 bridgehead atoms. The summed E-state index contributed by atoms with van der Waals surface area (Å²) in [6.45, 7) is 2.21. The monoisotopic (exact) mass is 530 g/mol. The number of nitrogens with zero attached hydrogens (tertiary/aromatic N) is 4. The van der Waals surface area contributed by atoms with Gasteiger partial charge in [0, 0.05) is 37.0 Å². The second-order valence-electron chi connectivity index (χ2n) is 9.02. The molecule has 0 unspecified atom stereocenters. The molecule has 0 N–H and O–H groups in total. The first-order chi connectivity index (χ1) is 17.6. The molecule has 6 rings (SSSR count). The minimum absolute atomic E-state index is 0.110. The van der Waals surface area contributed by atoms with Crippen LogP contribution in [0.3, 0.4) is 0 Å². The van der Waals surface area contributed by atoms with Crippen LogP contribution in [0.4, 0.5) is 13.2 Å². The van der Waals surface area contributed by atoms with Gasteiger partial charge in [-0.1, -0.05) is 0 Å². The fraction of sp³-hybridized carbons (Fsp3) is 0.280. The lowest BCUT2D eigenvalue weighted by Gasteiger charge is -2.32. The molecule has 0 spiro atoms. The van der Waals surface area contributed by atoms with E-state index in [1.54, 1.807) is 18.3 Å². The van der Waals surface area contributed by atoms with E-state index in [9.17, 15) is 21.6 Å². The van der Waals surface area contributed by atoms with E-state index < -0.39 is 16.3 Å². The maximum absolute atomic E-state index is 13.8. The van der Waals surface area contributed by atoms with Gasteiger partial charge in [0.15, 0.2) is 17.1 Å². The minimum atomic E-state index is -3.96. The molecule has 0 saturated carbocycles. The number of benzene rings is 2. The molecule has 2 aliphatic heterocycles. The van der Waals surface area contributed by atoms with Gasteiger partial charge in [0.25, 0.3) is 0 Å². The third-order valence-electron chi connectivity index (χ3n) is 6.68. The van der Waals surface area contributed by atoms with Crippen molar-refractivity contribution in [1.82, 2.24) is 18.8 Å². The third-order valence-corrected chi connectivity index (χ3v) is 8.57. The first-order valence-corrected chi connectivity index (χ1v) is 13.1. The van der Waals surface area contributed by atoms with Gasteiger partial charge in [-0.2, -0.15) is 4.31 Å². The lowest BCUT2D eigenvalue weighted by Crippen LogP contribution is -2.39. The van der Waals surface area contributed by atoms with Gasteiger partial charge >= 0.3 is 6.29 Å². The predicted molar refractivity (Wildman–Crippen MR) is 127 cm³/mol. The van der Waals surface area contributed by atoms with Gasteiger partial charge in [0.05, 0.1) is 4.90 Å². The van der Waals surface area contributed by atoms with Crippen molar-refractivity contribution >= 4 is 21.2 Å². The zero-order valence-electron chi connectivity index (χ0n) is 19.6. The van der Waals surface area contributed by atoms with E-state index in [1.807, 2.05) is 17.6 Å². The van der Waals surface area contributed by atoms with Crippen LogP contribution in [-0.4, -0.2) is 46.6 Å². The molecule has 2 aromatic heterocycles. The van der Waals surface area contributed by atoms with Crippen molar-refractivity contribution < 1.29 is 31.1 Å². The number of hydrogen-bond donors (Lipinski definition) is 0. The number of fused-ring (bicyclic) bond motifs is 2. The summed E-state index contributed by atoms with van der Waals surface area (Å²) in [6, 6.07) is 11.5. The fourth-order valence-electron chi connectivity index (χ4n) is 4.92. The molecule has 12 heteroatoms. The van der Waals surface area contributed by atoms with E-state index in [-0.39, 0.29) is 41.3 Å². The highest BCUT2D eigenvalue weighted by atomic mass is 32.2. The Morgan fingerprint density at radius 1 is 1.03 bits per heavy atom. The highest BCUT2D eigenvalue weighted by Gasteiger charge is 2.44. The van der Waals surface area contributed by atoms with Crippen LogP contribution in [-0.2, 0) is 10.0 Å². The highest BCUT2D eigenvalue weighted by molar-refractivity contribution is 7.89. The van der Waals surface area contributed by atoms with Crippen molar-refractivity contribution in [2.24, 2.45) is 0 Å². The smallest absolute Gasteiger partial charge is 0.395 e. The van der Waals surface area contributed by atoms with Crippen LogP contribution in [0.25, 0.3) is 22.6 Å².